The van der Waals surface area contributed by atoms with Gasteiger partial charge in [0.15, 0.2) is 0 Å². The summed E-state index contributed by atoms with van der Waals surface area (Å²) in [5.41, 5.74) is 0. The van der Waals surface area contributed by atoms with Crippen LogP contribution in [0.2, 0.25) is 0 Å². The quantitative estimate of drug-likeness (QED) is 0.493. The first-order chi connectivity index (χ1) is 3.43. The Morgan fingerprint density at radius 3 is 3.00 bits per heavy atom. The van der Waals surface area contributed by atoms with Crippen LogP contribution in [-0.4, -0.2) is 18.1 Å². The number of nitrogens with one attached hydrogen (secondary N) is 1. The van der Waals surface area contributed by atoms with E-state index < -0.39 is 0 Å². The zero-order valence-corrected chi connectivity index (χ0v) is 4.62. The van der Waals surface area contributed by atoms with Crippen LogP contribution >= 0.6 is 11.9 Å². The summed E-state index contributed by atoms with van der Waals surface area (Å²) < 4.78 is 2.90. The van der Waals surface area contributed by atoms with Crippen molar-refractivity contribution in [3.05, 3.63) is 0 Å². The van der Waals surface area contributed by atoms with Crippen molar-refractivity contribution in [3.8, 4) is 0 Å². The van der Waals surface area contributed by atoms with Gasteiger partial charge in [-0.1, -0.05) is 11.9 Å². The van der Waals surface area contributed by atoms with Gasteiger partial charge in [-0.3, -0.25) is 9.52 Å². The summed E-state index contributed by atoms with van der Waals surface area (Å²) in [4.78, 5) is 9.81. The topological polar surface area (TPSA) is 29.1 Å². The van der Waals surface area contributed by atoms with Gasteiger partial charge in [0.05, 0.1) is 6.04 Å². The third-order valence-corrected chi connectivity index (χ3v) is 1.77. The molecule has 1 aliphatic heterocycles. The molecule has 2 nitrogen and oxygen atoms in total. The number of hydrogen-bond acceptors (Lipinski definition) is 3. The molecule has 0 aliphatic carbocycles. The molecule has 1 rings (SSSR count). The lowest BCUT2D eigenvalue weighted by atomic mass is 10.3. The van der Waals surface area contributed by atoms with Gasteiger partial charge in [0.25, 0.3) is 0 Å². The molecule has 1 saturated heterocycles. The highest BCUT2D eigenvalue weighted by Gasteiger charge is 2.12. The maximum Gasteiger partial charge on any atom is 0.217 e. The van der Waals surface area contributed by atoms with E-state index in [0.29, 0.717) is 0 Å². The van der Waals surface area contributed by atoms with Gasteiger partial charge in [-0.25, -0.2) is 0 Å². The van der Waals surface area contributed by atoms with E-state index in [1.165, 1.54) is 0 Å². The Labute approximate surface area is 46.8 Å². The molecule has 0 aromatic rings. The van der Waals surface area contributed by atoms with E-state index in [1.807, 2.05) is 6.29 Å². The Hall–Kier alpha value is -0.0200. The Bertz CT molecular complexity index is 70.1. The molecular formula is C4H6NOS. The highest BCUT2D eigenvalue weighted by atomic mass is 32.2. The summed E-state index contributed by atoms with van der Waals surface area (Å²) in [5, 5.41) is 0. The van der Waals surface area contributed by atoms with Crippen LogP contribution in [-0.2, 0) is 4.79 Å². The Balaban J connectivity index is 2.26. The molecule has 1 fully saturated rings. The van der Waals surface area contributed by atoms with E-state index in [1.54, 1.807) is 11.9 Å². The highest BCUT2D eigenvalue weighted by molar-refractivity contribution is 7.97. The summed E-state index contributed by atoms with van der Waals surface area (Å²) in [5.74, 6) is 1.04. The van der Waals surface area contributed by atoms with Crippen molar-refractivity contribution in [2.24, 2.45) is 0 Å². The van der Waals surface area contributed by atoms with E-state index >= 15 is 0 Å². The second-order valence-corrected chi connectivity index (χ2v) is 2.36. The zero-order chi connectivity index (χ0) is 5.11. The van der Waals surface area contributed by atoms with Crippen molar-refractivity contribution in [2.75, 3.05) is 5.75 Å². The van der Waals surface area contributed by atoms with Crippen molar-refractivity contribution in [1.82, 2.24) is 4.72 Å². The molecule has 1 aliphatic rings. The van der Waals surface area contributed by atoms with E-state index in [4.69, 9.17) is 0 Å². The minimum Gasteiger partial charge on any atom is -0.289 e. The fraction of sp³-hybridized carbons (Fsp3) is 0.750. The number of hydrogen-bond donors (Lipinski definition) is 1. The molecule has 0 aromatic heterocycles. The normalized spacial score (nSPS) is 30.6. The number of rotatable bonds is 1. The van der Waals surface area contributed by atoms with Crippen molar-refractivity contribution < 1.29 is 4.79 Å². The van der Waals surface area contributed by atoms with Gasteiger partial charge in [-0.05, 0) is 6.42 Å². The fourth-order valence-corrected chi connectivity index (χ4v) is 1.32. The molecule has 3 heteroatoms. The maximum atomic E-state index is 9.81. The lowest BCUT2D eigenvalue weighted by Crippen LogP contribution is -2.17. The molecule has 0 bridgehead atoms. The smallest absolute Gasteiger partial charge is 0.217 e. The number of carbonyl (C=O) groups excluding carboxylic acids is 1. The van der Waals surface area contributed by atoms with Crippen LogP contribution in [0.15, 0.2) is 0 Å². The average molecular weight is 116 g/mol. The van der Waals surface area contributed by atoms with E-state index in [0.717, 1.165) is 12.2 Å². The van der Waals surface area contributed by atoms with Gasteiger partial charge in [0.2, 0.25) is 6.29 Å². The minimum atomic E-state index is 0.00463. The van der Waals surface area contributed by atoms with Crippen LogP contribution in [0.1, 0.15) is 6.42 Å². The molecule has 0 saturated carbocycles. The largest absolute Gasteiger partial charge is 0.289 e. The SMILES string of the molecule is O=[C]C1CCSN1. The standard InChI is InChI=1S/C4H6NOS/c6-3-4-1-2-7-5-4/h4-5H,1-2H2. The monoisotopic (exact) mass is 116 g/mol. The summed E-state index contributed by atoms with van der Waals surface area (Å²) in [6.07, 6.45) is 2.82. The van der Waals surface area contributed by atoms with Gasteiger partial charge >= 0.3 is 0 Å². The van der Waals surface area contributed by atoms with E-state index in [-0.39, 0.29) is 6.04 Å². The molecule has 1 radical (unpaired) electrons. The van der Waals surface area contributed by atoms with Gasteiger partial charge in [-0.15, -0.1) is 0 Å². The van der Waals surface area contributed by atoms with Crippen LogP contribution in [0.25, 0.3) is 0 Å². The molecule has 39 valence electrons. The van der Waals surface area contributed by atoms with Gasteiger partial charge in [0, 0.05) is 5.75 Å². The van der Waals surface area contributed by atoms with Gasteiger partial charge in [0.1, 0.15) is 0 Å². The molecule has 7 heavy (non-hydrogen) atoms. The maximum absolute atomic E-state index is 9.81. The molecule has 0 aromatic carbocycles. The predicted molar refractivity (Wildman–Crippen MR) is 29.7 cm³/mol. The van der Waals surface area contributed by atoms with Gasteiger partial charge < -0.3 is 0 Å². The van der Waals surface area contributed by atoms with Crippen molar-refractivity contribution in [3.63, 3.8) is 0 Å². The fourth-order valence-electron chi connectivity index (χ4n) is 0.478. The second kappa shape index (κ2) is 2.33. The van der Waals surface area contributed by atoms with Crippen molar-refractivity contribution >= 4 is 18.2 Å². The van der Waals surface area contributed by atoms with Gasteiger partial charge in [-0.2, -0.15) is 0 Å². The average Bonchev–Trinajstić information content (AvgIpc) is 2.14. The molecule has 1 unspecified atom stereocenters. The third kappa shape index (κ3) is 1.17. The first kappa shape index (κ1) is 5.12. The van der Waals surface area contributed by atoms with Crippen LogP contribution < -0.4 is 4.72 Å². The van der Waals surface area contributed by atoms with Crippen LogP contribution in [0.3, 0.4) is 0 Å². The molecule has 1 N–H and O–H groups in total. The minimum absolute atomic E-state index is 0.00463. The van der Waals surface area contributed by atoms with Crippen LogP contribution in [0.4, 0.5) is 0 Å². The third-order valence-electron chi connectivity index (χ3n) is 0.876. The first-order valence-electron chi connectivity index (χ1n) is 2.18. The summed E-state index contributed by atoms with van der Waals surface area (Å²) >= 11 is 1.59. The summed E-state index contributed by atoms with van der Waals surface area (Å²) in [6.45, 7) is 0. The van der Waals surface area contributed by atoms with Crippen LogP contribution in [0.5, 0.6) is 0 Å². The van der Waals surface area contributed by atoms with E-state index in [9.17, 15) is 4.79 Å². The zero-order valence-electron chi connectivity index (χ0n) is 3.81. The highest BCUT2D eigenvalue weighted by Crippen LogP contribution is 2.09. The molecule has 1 atom stereocenters. The Morgan fingerprint density at radius 2 is 2.71 bits per heavy atom. The van der Waals surface area contributed by atoms with Crippen molar-refractivity contribution in [1.29, 1.82) is 0 Å². The predicted octanol–water partition coefficient (Wildman–Crippen LogP) is 0.106. The Morgan fingerprint density at radius 1 is 1.86 bits per heavy atom. The molecule has 0 amide bonds. The van der Waals surface area contributed by atoms with E-state index in [2.05, 4.69) is 4.72 Å². The summed E-state index contributed by atoms with van der Waals surface area (Å²) in [7, 11) is 0. The lowest BCUT2D eigenvalue weighted by Gasteiger charge is -1.90. The second-order valence-electron chi connectivity index (χ2n) is 1.43. The summed E-state index contributed by atoms with van der Waals surface area (Å²) in [6, 6.07) is 0.00463. The van der Waals surface area contributed by atoms with Crippen LogP contribution in [0, 0.1) is 0 Å². The first-order valence-corrected chi connectivity index (χ1v) is 3.17. The van der Waals surface area contributed by atoms with Crippen molar-refractivity contribution in [2.45, 2.75) is 12.5 Å². The molecule has 1 heterocycles. The molecular weight excluding hydrogens is 110 g/mol. The Kier molecular flexibility index (Phi) is 1.70. The molecule has 0 spiro atoms. The lowest BCUT2D eigenvalue weighted by molar-refractivity contribution is 0.538.